The van der Waals surface area contributed by atoms with Gasteiger partial charge in [-0.3, -0.25) is 14.4 Å². The fourth-order valence-electron chi connectivity index (χ4n) is 4.99. The number of amides is 3. The van der Waals surface area contributed by atoms with Crippen LogP contribution in [0.15, 0.2) is 66.7 Å². The van der Waals surface area contributed by atoms with Gasteiger partial charge >= 0.3 is 0 Å². The molecular formula is C30H31FN4O3. The summed E-state index contributed by atoms with van der Waals surface area (Å²) in [4.78, 5) is 45.0. The number of hydrogen-bond acceptors (Lipinski definition) is 4. The summed E-state index contributed by atoms with van der Waals surface area (Å²) in [6, 6.07) is 18.3. The maximum Gasteiger partial charge on any atom is 0.256 e. The molecule has 38 heavy (non-hydrogen) atoms. The molecule has 0 aromatic heterocycles. The van der Waals surface area contributed by atoms with Crippen molar-refractivity contribution >= 4 is 29.1 Å². The molecule has 0 bridgehead atoms. The zero-order valence-corrected chi connectivity index (χ0v) is 21.5. The molecule has 3 amide bonds. The van der Waals surface area contributed by atoms with E-state index < -0.39 is 5.82 Å². The normalized spacial score (nSPS) is 15.5. The van der Waals surface area contributed by atoms with Crippen molar-refractivity contribution in [2.45, 2.75) is 19.8 Å². The second-order valence-corrected chi connectivity index (χ2v) is 9.84. The van der Waals surface area contributed by atoms with E-state index >= 15 is 0 Å². The Balaban J connectivity index is 1.34. The first-order valence-corrected chi connectivity index (χ1v) is 13.0. The Morgan fingerprint density at radius 2 is 1.32 bits per heavy atom. The van der Waals surface area contributed by atoms with Crippen LogP contribution in [-0.4, -0.2) is 66.8 Å². The molecule has 2 saturated heterocycles. The Morgan fingerprint density at radius 1 is 0.711 bits per heavy atom. The molecule has 0 aliphatic carbocycles. The van der Waals surface area contributed by atoms with Crippen molar-refractivity contribution in [2.24, 2.45) is 0 Å². The van der Waals surface area contributed by atoms with Crippen molar-refractivity contribution in [3.63, 3.8) is 0 Å². The van der Waals surface area contributed by atoms with E-state index in [1.165, 1.54) is 24.3 Å². The van der Waals surface area contributed by atoms with E-state index in [0.29, 0.717) is 61.6 Å². The molecule has 2 fully saturated rings. The van der Waals surface area contributed by atoms with Crippen LogP contribution in [0.25, 0.3) is 0 Å². The minimum atomic E-state index is -0.412. The fourth-order valence-corrected chi connectivity index (χ4v) is 4.99. The zero-order valence-electron chi connectivity index (χ0n) is 21.5. The number of halogens is 1. The number of aryl methyl sites for hydroxylation is 1. The summed E-state index contributed by atoms with van der Waals surface area (Å²) in [5.74, 6) is -0.837. The molecule has 8 heteroatoms. The van der Waals surface area contributed by atoms with E-state index in [2.05, 4.69) is 10.2 Å². The predicted octanol–water partition coefficient (Wildman–Crippen LogP) is 4.58. The van der Waals surface area contributed by atoms with Crippen molar-refractivity contribution in [2.75, 3.05) is 49.5 Å². The predicted molar refractivity (Wildman–Crippen MR) is 145 cm³/mol. The molecule has 3 aromatic carbocycles. The van der Waals surface area contributed by atoms with Gasteiger partial charge in [0, 0.05) is 61.8 Å². The number of hydrogen-bond donors (Lipinski definition) is 1. The number of rotatable bonds is 5. The van der Waals surface area contributed by atoms with Crippen molar-refractivity contribution in [3.05, 3.63) is 94.8 Å². The Morgan fingerprint density at radius 3 is 1.97 bits per heavy atom. The van der Waals surface area contributed by atoms with Crippen LogP contribution in [0.5, 0.6) is 0 Å². The maximum atomic E-state index is 13.5. The summed E-state index contributed by atoms with van der Waals surface area (Å²) >= 11 is 0. The van der Waals surface area contributed by atoms with Gasteiger partial charge in [0.1, 0.15) is 5.82 Å². The van der Waals surface area contributed by atoms with Crippen LogP contribution in [0.1, 0.15) is 49.5 Å². The maximum absolute atomic E-state index is 13.5. The van der Waals surface area contributed by atoms with E-state index in [1.807, 2.05) is 47.1 Å². The van der Waals surface area contributed by atoms with Gasteiger partial charge in [-0.25, -0.2) is 4.39 Å². The molecule has 2 aliphatic rings. The Kier molecular flexibility index (Phi) is 7.40. The van der Waals surface area contributed by atoms with Crippen LogP contribution in [0.4, 0.5) is 15.8 Å². The largest absolute Gasteiger partial charge is 0.367 e. The Labute approximate surface area is 221 Å². The van der Waals surface area contributed by atoms with Crippen LogP contribution in [0.2, 0.25) is 0 Å². The summed E-state index contributed by atoms with van der Waals surface area (Å²) in [5, 5.41) is 2.83. The highest BCUT2D eigenvalue weighted by atomic mass is 19.1. The average Bonchev–Trinajstić information content (AvgIpc) is 3.48. The molecule has 2 aliphatic heterocycles. The molecule has 0 atom stereocenters. The summed E-state index contributed by atoms with van der Waals surface area (Å²) in [6.45, 7) is 5.71. The number of nitrogens with one attached hydrogen (secondary N) is 1. The minimum absolute atomic E-state index is 0.0110. The fraction of sp³-hybridized carbons (Fsp3) is 0.300. The first-order chi connectivity index (χ1) is 18.4. The van der Waals surface area contributed by atoms with Gasteiger partial charge in [0.15, 0.2) is 0 Å². The monoisotopic (exact) mass is 514 g/mol. The quantitative estimate of drug-likeness (QED) is 0.541. The lowest BCUT2D eigenvalue weighted by molar-refractivity contribution is 0.0743. The number of anilines is 2. The highest BCUT2D eigenvalue weighted by Crippen LogP contribution is 2.29. The Bertz CT molecular complexity index is 1330. The molecule has 0 saturated carbocycles. The topological polar surface area (TPSA) is 73.0 Å². The molecule has 3 aromatic rings. The van der Waals surface area contributed by atoms with Gasteiger partial charge < -0.3 is 20.0 Å². The summed E-state index contributed by atoms with van der Waals surface area (Å²) in [5.41, 5.74) is 3.94. The van der Waals surface area contributed by atoms with Gasteiger partial charge in [-0.1, -0.05) is 17.7 Å². The van der Waals surface area contributed by atoms with Crippen LogP contribution in [-0.2, 0) is 0 Å². The van der Waals surface area contributed by atoms with Gasteiger partial charge in [-0.2, -0.15) is 0 Å². The number of carbonyl (C=O) groups excluding carboxylic acids is 3. The van der Waals surface area contributed by atoms with Gasteiger partial charge in [-0.15, -0.1) is 0 Å². The molecule has 7 nitrogen and oxygen atoms in total. The molecule has 5 rings (SSSR count). The van der Waals surface area contributed by atoms with Crippen LogP contribution >= 0.6 is 0 Å². The Hall–Kier alpha value is -4.20. The van der Waals surface area contributed by atoms with E-state index in [0.717, 1.165) is 24.1 Å². The highest BCUT2D eigenvalue weighted by Gasteiger charge is 2.28. The number of nitrogens with zero attached hydrogens (tertiary/aromatic N) is 3. The van der Waals surface area contributed by atoms with Crippen molar-refractivity contribution in [3.8, 4) is 0 Å². The highest BCUT2D eigenvalue weighted by molar-refractivity contribution is 6.06. The molecule has 2 heterocycles. The first kappa shape index (κ1) is 25.4. The smallest absolute Gasteiger partial charge is 0.256 e. The third kappa shape index (κ3) is 5.54. The van der Waals surface area contributed by atoms with E-state index in [9.17, 15) is 18.8 Å². The van der Waals surface area contributed by atoms with Crippen LogP contribution in [0, 0.1) is 12.7 Å². The van der Waals surface area contributed by atoms with E-state index in [4.69, 9.17) is 0 Å². The molecule has 0 spiro atoms. The third-order valence-corrected chi connectivity index (χ3v) is 7.19. The van der Waals surface area contributed by atoms with Crippen LogP contribution < -0.4 is 10.2 Å². The number of likely N-dealkylation sites (tertiary alicyclic amines) is 1. The molecule has 196 valence electrons. The van der Waals surface area contributed by atoms with Gasteiger partial charge in [0.2, 0.25) is 0 Å². The lowest BCUT2D eigenvalue weighted by Crippen LogP contribution is -2.49. The van der Waals surface area contributed by atoms with Gasteiger partial charge in [0.05, 0.1) is 5.56 Å². The average molecular weight is 515 g/mol. The van der Waals surface area contributed by atoms with Gasteiger partial charge in [0.25, 0.3) is 17.7 Å². The van der Waals surface area contributed by atoms with Crippen molar-refractivity contribution < 1.29 is 18.8 Å². The summed E-state index contributed by atoms with van der Waals surface area (Å²) in [6.07, 6.45) is 1.95. The molecule has 0 radical (unpaired) electrons. The number of piperazine rings is 1. The van der Waals surface area contributed by atoms with Crippen molar-refractivity contribution in [1.29, 1.82) is 0 Å². The summed E-state index contributed by atoms with van der Waals surface area (Å²) < 4.78 is 13.3. The standard InChI is InChI=1S/C30H31FN4O3/c1-21-4-6-23(7-5-21)29(37)35-18-16-33(17-19-35)27-13-12-25(20-26(27)30(38)34-14-2-3-15-34)32-28(36)22-8-10-24(31)11-9-22/h4-13,20H,2-3,14-19H2,1H3,(H,32,36). The van der Waals surface area contributed by atoms with Crippen LogP contribution in [0.3, 0.4) is 0 Å². The van der Waals surface area contributed by atoms with E-state index in [1.54, 1.807) is 12.1 Å². The second kappa shape index (κ2) is 11.0. The van der Waals surface area contributed by atoms with E-state index in [-0.39, 0.29) is 17.7 Å². The third-order valence-electron chi connectivity index (χ3n) is 7.19. The lowest BCUT2D eigenvalue weighted by atomic mass is 10.1. The first-order valence-electron chi connectivity index (χ1n) is 13.0. The minimum Gasteiger partial charge on any atom is -0.367 e. The second-order valence-electron chi connectivity index (χ2n) is 9.84. The molecular weight excluding hydrogens is 483 g/mol. The number of benzene rings is 3. The molecule has 0 unspecified atom stereocenters. The number of carbonyl (C=O) groups is 3. The summed E-state index contributed by atoms with van der Waals surface area (Å²) in [7, 11) is 0. The lowest BCUT2D eigenvalue weighted by Gasteiger charge is -2.37. The van der Waals surface area contributed by atoms with Gasteiger partial charge in [-0.05, 0) is 74.4 Å². The molecule has 1 N–H and O–H groups in total. The van der Waals surface area contributed by atoms with Crippen molar-refractivity contribution in [1.82, 2.24) is 9.80 Å². The SMILES string of the molecule is Cc1ccc(C(=O)N2CCN(c3ccc(NC(=O)c4ccc(F)cc4)cc3C(=O)N3CCCC3)CC2)cc1. The zero-order chi connectivity index (χ0) is 26.6.